The van der Waals surface area contributed by atoms with Gasteiger partial charge in [-0.25, -0.2) is 9.97 Å². The number of hydrogen-bond acceptors (Lipinski definition) is 7. The summed E-state index contributed by atoms with van der Waals surface area (Å²) in [6.07, 6.45) is 0. The molecule has 192 valence electrons. The molecule has 0 fully saturated rings. The minimum atomic E-state index is -0.304. The van der Waals surface area contributed by atoms with Crippen LogP contribution in [0.15, 0.2) is 36.4 Å². The van der Waals surface area contributed by atoms with Crippen LogP contribution < -0.4 is 21.3 Å². The molecule has 2 heterocycles. The van der Waals surface area contributed by atoms with Gasteiger partial charge in [-0.3, -0.25) is 14.3 Å². The molecule has 11 heteroatoms. The first-order valence-electron chi connectivity index (χ1n) is 11.8. The normalized spacial score (nSPS) is 11.2. The molecule has 0 aliphatic carbocycles. The zero-order valence-corrected chi connectivity index (χ0v) is 22.0. The van der Waals surface area contributed by atoms with E-state index in [9.17, 15) is 9.59 Å². The summed E-state index contributed by atoms with van der Waals surface area (Å²) in [5.41, 5.74) is 1.83. The lowest BCUT2D eigenvalue weighted by atomic mass is 10.1. The summed E-state index contributed by atoms with van der Waals surface area (Å²) in [4.78, 5) is 33.1. The molecule has 0 saturated heterocycles. The van der Waals surface area contributed by atoms with E-state index in [1.807, 2.05) is 39.8 Å². The van der Waals surface area contributed by atoms with Crippen molar-refractivity contribution in [2.75, 3.05) is 36.8 Å². The number of benzene rings is 1. The fraction of sp³-hybridized carbons (Fsp3) is 0.400. The lowest BCUT2D eigenvalue weighted by Gasteiger charge is -2.22. The summed E-state index contributed by atoms with van der Waals surface area (Å²) in [5.74, 6) is 1.45. The molecule has 0 atom stereocenters. The maximum absolute atomic E-state index is 12.8. The van der Waals surface area contributed by atoms with Gasteiger partial charge in [0.05, 0.1) is 11.2 Å². The Morgan fingerprint density at radius 1 is 0.917 bits per heavy atom. The van der Waals surface area contributed by atoms with E-state index in [-0.39, 0.29) is 17.4 Å². The minimum Gasteiger partial charge on any atom is -0.368 e. The van der Waals surface area contributed by atoms with Gasteiger partial charge in [0.15, 0.2) is 5.82 Å². The molecule has 10 nitrogen and oxygen atoms in total. The summed E-state index contributed by atoms with van der Waals surface area (Å²) in [6.45, 7) is 11.2. The van der Waals surface area contributed by atoms with Crippen LogP contribution in [0.4, 0.5) is 11.6 Å². The van der Waals surface area contributed by atoms with Crippen LogP contribution in [0.25, 0.3) is 11.4 Å². The maximum atomic E-state index is 12.8. The zero-order valence-electron chi connectivity index (χ0n) is 21.3. The molecule has 2 aromatic heterocycles. The molecule has 0 aliphatic heterocycles. The predicted molar refractivity (Wildman–Crippen MR) is 142 cm³/mol. The number of rotatable bonds is 10. The summed E-state index contributed by atoms with van der Waals surface area (Å²) in [5, 5.41) is 17.2. The van der Waals surface area contributed by atoms with Gasteiger partial charge in [0.1, 0.15) is 17.3 Å². The molecular formula is C25H33ClN8O2. The summed E-state index contributed by atoms with van der Waals surface area (Å²) >= 11 is 6.02. The number of amides is 2. The Hall–Kier alpha value is -3.66. The number of carbonyl (C=O) groups excluding carboxylic acids is 2. The highest BCUT2D eigenvalue weighted by Gasteiger charge is 2.22. The highest BCUT2D eigenvalue weighted by Crippen LogP contribution is 2.22. The van der Waals surface area contributed by atoms with E-state index < -0.39 is 0 Å². The Morgan fingerprint density at radius 3 is 2.06 bits per heavy atom. The molecule has 0 spiro atoms. The SMILES string of the molecule is CC(=O)NCCNc1cc(NCCNC(=O)c2cc(C)nn2C(C)(C)C)nc(-c2ccc(Cl)cc2)n1. The van der Waals surface area contributed by atoms with Crippen molar-refractivity contribution in [1.29, 1.82) is 0 Å². The third kappa shape index (κ3) is 7.67. The molecular weight excluding hydrogens is 480 g/mol. The molecule has 0 aliphatic rings. The van der Waals surface area contributed by atoms with E-state index in [0.717, 1.165) is 11.3 Å². The first-order chi connectivity index (χ1) is 17.0. The lowest BCUT2D eigenvalue weighted by molar-refractivity contribution is -0.118. The van der Waals surface area contributed by atoms with Gasteiger partial charge in [-0.1, -0.05) is 11.6 Å². The monoisotopic (exact) mass is 512 g/mol. The molecule has 3 aromatic rings. The number of hydrogen-bond donors (Lipinski definition) is 4. The third-order valence-electron chi connectivity index (χ3n) is 5.05. The number of nitrogens with one attached hydrogen (secondary N) is 4. The van der Waals surface area contributed by atoms with Gasteiger partial charge in [-0.2, -0.15) is 5.10 Å². The van der Waals surface area contributed by atoms with Crippen LogP contribution in [-0.2, 0) is 10.3 Å². The van der Waals surface area contributed by atoms with Gasteiger partial charge in [0.25, 0.3) is 5.91 Å². The first-order valence-corrected chi connectivity index (χ1v) is 12.1. The number of nitrogens with zero attached hydrogens (tertiary/aromatic N) is 4. The Bertz CT molecular complexity index is 1200. The fourth-order valence-electron chi connectivity index (χ4n) is 3.42. The van der Waals surface area contributed by atoms with Gasteiger partial charge in [0, 0.05) is 49.8 Å². The third-order valence-corrected chi connectivity index (χ3v) is 5.30. The van der Waals surface area contributed by atoms with Gasteiger partial charge >= 0.3 is 0 Å². The van der Waals surface area contributed by atoms with E-state index in [2.05, 4.69) is 36.3 Å². The van der Waals surface area contributed by atoms with E-state index >= 15 is 0 Å². The second kappa shape index (κ2) is 11.9. The van der Waals surface area contributed by atoms with Crippen LogP contribution >= 0.6 is 11.6 Å². The van der Waals surface area contributed by atoms with Crippen molar-refractivity contribution in [3.05, 3.63) is 52.8 Å². The van der Waals surface area contributed by atoms with Crippen molar-refractivity contribution < 1.29 is 9.59 Å². The van der Waals surface area contributed by atoms with Crippen molar-refractivity contribution in [3.8, 4) is 11.4 Å². The van der Waals surface area contributed by atoms with Gasteiger partial charge in [-0.15, -0.1) is 0 Å². The number of halogens is 1. The topological polar surface area (TPSA) is 126 Å². The molecule has 1 aromatic carbocycles. The van der Waals surface area contributed by atoms with Crippen LogP contribution in [0, 0.1) is 6.92 Å². The van der Waals surface area contributed by atoms with E-state index in [0.29, 0.717) is 54.4 Å². The van der Waals surface area contributed by atoms with Crippen molar-refractivity contribution in [3.63, 3.8) is 0 Å². The Morgan fingerprint density at radius 2 is 1.50 bits per heavy atom. The first kappa shape index (κ1) is 26.9. The van der Waals surface area contributed by atoms with Gasteiger partial charge in [-0.05, 0) is 58.0 Å². The van der Waals surface area contributed by atoms with Crippen LogP contribution in [0.1, 0.15) is 43.9 Å². The average molecular weight is 513 g/mol. The van der Waals surface area contributed by atoms with E-state index in [1.54, 1.807) is 28.9 Å². The van der Waals surface area contributed by atoms with Crippen LogP contribution in [0.5, 0.6) is 0 Å². The largest absolute Gasteiger partial charge is 0.368 e. The molecule has 0 unspecified atom stereocenters. The quantitative estimate of drug-likeness (QED) is 0.306. The van der Waals surface area contributed by atoms with Gasteiger partial charge in [0.2, 0.25) is 5.91 Å². The molecule has 3 rings (SSSR count). The van der Waals surface area contributed by atoms with Crippen LogP contribution in [0.2, 0.25) is 5.02 Å². The summed E-state index contributed by atoms with van der Waals surface area (Å²) in [7, 11) is 0. The fourth-order valence-corrected chi connectivity index (χ4v) is 3.54. The van der Waals surface area contributed by atoms with Crippen molar-refractivity contribution in [2.24, 2.45) is 0 Å². The Balaban J connectivity index is 1.66. The van der Waals surface area contributed by atoms with Crippen molar-refractivity contribution >= 4 is 35.1 Å². The van der Waals surface area contributed by atoms with Crippen molar-refractivity contribution in [2.45, 2.75) is 40.2 Å². The number of aryl methyl sites for hydroxylation is 1. The second-order valence-electron chi connectivity index (χ2n) is 9.31. The van der Waals surface area contributed by atoms with E-state index in [4.69, 9.17) is 11.6 Å². The average Bonchev–Trinajstić information content (AvgIpc) is 3.22. The van der Waals surface area contributed by atoms with Crippen LogP contribution in [-0.4, -0.2) is 57.7 Å². The minimum absolute atomic E-state index is 0.0912. The predicted octanol–water partition coefficient (Wildman–Crippen LogP) is 3.45. The van der Waals surface area contributed by atoms with E-state index in [1.165, 1.54) is 6.92 Å². The standard InChI is InChI=1S/C25H33ClN8O2/c1-16-14-20(34(33-16)25(3,4)5)24(36)30-13-12-29-22-15-21(28-11-10-27-17(2)35)31-23(32-22)18-6-8-19(26)9-7-18/h6-9,14-15H,10-13H2,1-5H3,(H,27,35)(H,30,36)(H2,28,29,31,32). The molecule has 0 bridgehead atoms. The summed E-state index contributed by atoms with van der Waals surface area (Å²) in [6, 6.07) is 10.8. The molecule has 0 saturated carbocycles. The molecule has 36 heavy (non-hydrogen) atoms. The number of aromatic nitrogens is 4. The Labute approximate surface area is 216 Å². The highest BCUT2D eigenvalue weighted by atomic mass is 35.5. The van der Waals surface area contributed by atoms with Crippen LogP contribution in [0.3, 0.4) is 0 Å². The number of anilines is 2. The molecule has 4 N–H and O–H groups in total. The number of carbonyl (C=O) groups is 2. The van der Waals surface area contributed by atoms with Crippen molar-refractivity contribution in [1.82, 2.24) is 30.4 Å². The smallest absolute Gasteiger partial charge is 0.269 e. The summed E-state index contributed by atoms with van der Waals surface area (Å²) < 4.78 is 1.74. The lowest BCUT2D eigenvalue weighted by Crippen LogP contribution is -2.34. The second-order valence-corrected chi connectivity index (χ2v) is 9.75. The molecule has 0 radical (unpaired) electrons. The maximum Gasteiger partial charge on any atom is 0.269 e. The molecule has 2 amide bonds. The highest BCUT2D eigenvalue weighted by molar-refractivity contribution is 6.30. The Kier molecular flexibility index (Phi) is 8.87. The van der Waals surface area contributed by atoms with Gasteiger partial charge < -0.3 is 21.3 Å². The zero-order chi connectivity index (χ0) is 26.3.